The van der Waals surface area contributed by atoms with Gasteiger partial charge in [0.05, 0.1) is 18.8 Å². The van der Waals surface area contributed by atoms with Gasteiger partial charge in [-0.15, -0.1) is 0 Å². The third-order valence-corrected chi connectivity index (χ3v) is 4.96. The van der Waals surface area contributed by atoms with Crippen LogP contribution < -0.4 is 10.6 Å². The number of benzene rings is 1. The first-order valence-corrected chi connectivity index (χ1v) is 9.52. The molecule has 1 aromatic carbocycles. The quantitative estimate of drug-likeness (QED) is 0.687. The van der Waals surface area contributed by atoms with Crippen LogP contribution in [0.5, 0.6) is 0 Å². The smallest absolute Gasteiger partial charge is 0.0898 e. The molecule has 0 aromatic heterocycles. The molecule has 2 rings (SSSR count). The van der Waals surface area contributed by atoms with Crippen LogP contribution in [0.25, 0.3) is 0 Å². The number of aliphatic hydroxyl groups is 1. The minimum absolute atomic E-state index is 0.0661. The van der Waals surface area contributed by atoms with Gasteiger partial charge in [0.25, 0.3) is 0 Å². The second-order valence-corrected chi connectivity index (χ2v) is 9.02. The highest BCUT2D eigenvalue weighted by Gasteiger charge is 2.37. The van der Waals surface area contributed by atoms with Gasteiger partial charge < -0.3 is 20.5 Å². The average molecular weight is 369 g/mol. The number of hydrogen-bond donors (Lipinski definition) is 3. The molecule has 1 fully saturated rings. The minimum Gasteiger partial charge on any atom is -0.389 e. The fourth-order valence-corrected chi connectivity index (χ4v) is 4.04. The first kappa shape index (κ1) is 20.7. The summed E-state index contributed by atoms with van der Waals surface area (Å²) >= 11 is 5.91. The van der Waals surface area contributed by atoms with Crippen LogP contribution in [0.3, 0.4) is 0 Å². The molecule has 0 aliphatic carbocycles. The van der Waals surface area contributed by atoms with Gasteiger partial charge in [-0.2, -0.15) is 0 Å². The Bertz CT molecular complexity index is 529. The third-order valence-electron chi connectivity index (χ3n) is 4.71. The molecule has 3 N–H and O–H groups in total. The fraction of sp³-hybridized carbons (Fsp3) is 0.700. The Morgan fingerprint density at radius 1 is 1.20 bits per heavy atom. The molecule has 4 nitrogen and oxygen atoms in total. The maximum atomic E-state index is 10.3. The number of halogens is 1. The molecule has 0 spiro atoms. The molecule has 0 amide bonds. The molecular weight excluding hydrogens is 336 g/mol. The highest BCUT2D eigenvalue weighted by molar-refractivity contribution is 6.30. The van der Waals surface area contributed by atoms with Gasteiger partial charge in [-0.1, -0.05) is 23.7 Å². The van der Waals surface area contributed by atoms with Crippen molar-refractivity contribution in [2.75, 3.05) is 13.2 Å². The molecule has 5 heteroatoms. The van der Waals surface area contributed by atoms with Gasteiger partial charge in [0.2, 0.25) is 0 Å². The summed E-state index contributed by atoms with van der Waals surface area (Å²) in [6, 6.07) is 8.02. The van der Waals surface area contributed by atoms with E-state index in [1.165, 1.54) is 0 Å². The normalized spacial score (nSPS) is 22.5. The molecule has 2 atom stereocenters. The molecule has 0 bridgehead atoms. The number of rotatable bonds is 7. The van der Waals surface area contributed by atoms with Crippen LogP contribution in [0.15, 0.2) is 24.3 Å². The van der Waals surface area contributed by atoms with Gasteiger partial charge in [0, 0.05) is 28.7 Å². The van der Waals surface area contributed by atoms with Crippen molar-refractivity contribution in [1.29, 1.82) is 0 Å². The predicted molar refractivity (Wildman–Crippen MR) is 104 cm³/mol. The van der Waals surface area contributed by atoms with Crippen LogP contribution in [0, 0.1) is 0 Å². The molecule has 25 heavy (non-hydrogen) atoms. The van der Waals surface area contributed by atoms with E-state index in [-0.39, 0.29) is 17.2 Å². The lowest BCUT2D eigenvalue weighted by Crippen LogP contribution is -2.62. The maximum Gasteiger partial charge on any atom is 0.0898 e. The number of hydrogen-bond acceptors (Lipinski definition) is 4. The van der Waals surface area contributed by atoms with Crippen LogP contribution in [-0.4, -0.2) is 41.5 Å². The molecule has 1 heterocycles. The van der Waals surface area contributed by atoms with Crippen molar-refractivity contribution < 1.29 is 9.84 Å². The SMILES string of the molecule is C[C@@H](OC[C@H](O)CNC1CC(C)(C)NC(C)(C)C1)c1ccc(Cl)cc1. The van der Waals surface area contributed by atoms with Gasteiger partial charge in [-0.05, 0) is 65.2 Å². The maximum absolute atomic E-state index is 10.3. The molecule has 0 saturated carbocycles. The van der Waals surface area contributed by atoms with Crippen LogP contribution in [-0.2, 0) is 4.74 Å². The lowest BCUT2D eigenvalue weighted by Gasteiger charge is -2.47. The minimum atomic E-state index is -0.518. The topological polar surface area (TPSA) is 53.5 Å². The highest BCUT2D eigenvalue weighted by Crippen LogP contribution is 2.28. The summed E-state index contributed by atoms with van der Waals surface area (Å²) in [5.41, 5.74) is 1.26. The van der Waals surface area contributed by atoms with E-state index in [2.05, 4.69) is 38.3 Å². The van der Waals surface area contributed by atoms with Crippen molar-refractivity contribution in [3.8, 4) is 0 Å². The van der Waals surface area contributed by atoms with E-state index in [1.54, 1.807) is 0 Å². The molecule has 1 aromatic rings. The number of aliphatic hydroxyl groups excluding tert-OH is 1. The molecule has 142 valence electrons. The number of ether oxygens (including phenoxy) is 1. The van der Waals surface area contributed by atoms with Gasteiger partial charge in [0.1, 0.15) is 0 Å². The predicted octanol–water partition coefficient (Wildman–Crippen LogP) is 3.68. The molecule has 0 radical (unpaired) electrons. The Morgan fingerprint density at radius 3 is 2.32 bits per heavy atom. The van der Waals surface area contributed by atoms with Crippen LogP contribution in [0.4, 0.5) is 0 Å². The van der Waals surface area contributed by atoms with Crippen molar-refractivity contribution in [2.45, 2.75) is 76.8 Å². The molecule has 1 saturated heterocycles. The molecule has 0 unspecified atom stereocenters. The zero-order chi connectivity index (χ0) is 18.7. The lowest BCUT2D eigenvalue weighted by atomic mass is 9.79. The number of piperidine rings is 1. The summed E-state index contributed by atoms with van der Waals surface area (Å²) in [5, 5.41) is 18.2. The van der Waals surface area contributed by atoms with E-state index < -0.39 is 6.10 Å². The van der Waals surface area contributed by atoms with Crippen molar-refractivity contribution in [1.82, 2.24) is 10.6 Å². The fourth-order valence-electron chi connectivity index (χ4n) is 3.91. The van der Waals surface area contributed by atoms with E-state index in [0.29, 0.717) is 24.2 Å². The van der Waals surface area contributed by atoms with E-state index in [1.807, 2.05) is 31.2 Å². The summed E-state index contributed by atoms with van der Waals surface area (Å²) in [4.78, 5) is 0. The standard InChI is InChI=1S/C20H33ClN2O2/c1-14(15-6-8-16(21)9-7-15)25-13-18(24)12-22-17-10-19(2,3)23-20(4,5)11-17/h6-9,14,17-18,22-24H,10-13H2,1-5H3/t14-,18-/m1/s1. The van der Waals surface area contributed by atoms with Crippen molar-refractivity contribution in [2.24, 2.45) is 0 Å². The van der Waals surface area contributed by atoms with Crippen LogP contribution in [0.2, 0.25) is 5.02 Å². The van der Waals surface area contributed by atoms with E-state index >= 15 is 0 Å². The first-order chi connectivity index (χ1) is 11.6. The van der Waals surface area contributed by atoms with Crippen molar-refractivity contribution >= 4 is 11.6 Å². The van der Waals surface area contributed by atoms with E-state index in [0.717, 1.165) is 18.4 Å². The monoisotopic (exact) mass is 368 g/mol. The van der Waals surface area contributed by atoms with E-state index in [4.69, 9.17) is 16.3 Å². The Balaban J connectivity index is 1.75. The zero-order valence-electron chi connectivity index (χ0n) is 16.1. The van der Waals surface area contributed by atoms with Crippen molar-refractivity contribution in [3.63, 3.8) is 0 Å². The highest BCUT2D eigenvalue weighted by atomic mass is 35.5. The second-order valence-electron chi connectivity index (χ2n) is 8.59. The summed E-state index contributed by atoms with van der Waals surface area (Å²) in [6.45, 7) is 11.8. The zero-order valence-corrected chi connectivity index (χ0v) is 16.9. The summed E-state index contributed by atoms with van der Waals surface area (Å²) in [7, 11) is 0. The molecule has 1 aliphatic rings. The van der Waals surface area contributed by atoms with Gasteiger partial charge in [0.15, 0.2) is 0 Å². The summed E-state index contributed by atoms with van der Waals surface area (Å²) in [5.74, 6) is 0. The number of nitrogens with one attached hydrogen (secondary N) is 2. The van der Waals surface area contributed by atoms with Gasteiger partial charge in [-0.25, -0.2) is 0 Å². The largest absolute Gasteiger partial charge is 0.389 e. The Kier molecular flexibility index (Phi) is 6.91. The Labute approximate surface area is 157 Å². The molecule has 1 aliphatic heterocycles. The Hall–Kier alpha value is -0.650. The van der Waals surface area contributed by atoms with Gasteiger partial charge in [-0.3, -0.25) is 0 Å². The van der Waals surface area contributed by atoms with Crippen LogP contribution >= 0.6 is 11.6 Å². The first-order valence-electron chi connectivity index (χ1n) is 9.14. The summed E-state index contributed by atoms with van der Waals surface area (Å²) < 4.78 is 5.81. The van der Waals surface area contributed by atoms with E-state index in [9.17, 15) is 5.11 Å². The average Bonchev–Trinajstić information content (AvgIpc) is 2.48. The molecular formula is C20H33ClN2O2. The van der Waals surface area contributed by atoms with Crippen LogP contribution in [0.1, 0.15) is 59.1 Å². The Morgan fingerprint density at radius 2 is 1.76 bits per heavy atom. The second kappa shape index (κ2) is 8.36. The van der Waals surface area contributed by atoms with Crippen molar-refractivity contribution in [3.05, 3.63) is 34.9 Å². The van der Waals surface area contributed by atoms with Gasteiger partial charge >= 0.3 is 0 Å². The summed E-state index contributed by atoms with van der Waals surface area (Å²) in [6.07, 6.45) is 1.51. The lowest BCUT2D eigenvalue weighted by molar-refractivity contribution is -0.00443. The third kappa shape index (κ3) is 6.87.